The summed E-state index contributed by atoms with van der Waals surface area (Å²) in [4.78, 5) is 15.7. The lowest BCUT2D eigenvalue weighted by Gasteiger charge is -2.19. The summed E-state index contributed by atoms with van der Waals surface area (Å²) in [5, 5.41) is 13.0. The second-order valence-corrected chi connectivity index (χ2v) is 4.34. The molecular weight excluding hydrogens is 208 g/mol. The number of carbonyl (C=O) groups is 1. The average molecular weight is 224 g/mol. The molecule has 16 heavy (non-hydrogen) atoms. The minimum Gasteiger partial charge on any atom is -0.339 e. The largest absolute Gasteiger partial charge is 0.339 e. The number of aromatic amines is 1. The van der Waals surface area contributed by atoms with Crippen molar-refractivity contribution in [2.24, 2.45) is 5.92 Å². The predicted molar refractivity (Wildman–Crippen MR) is 56.7 cm³/mol. The van der Waals surface area contributed by atoms with Crippen molar-refractivity contribution < 1.29 is 4.79 Å². The van der Waals surface area contributed by atoms with E-state index >= 15 is 0 Å². The molecule has 1 atom stereocenters. The third-order valence-corrected chi connectivity index (χ3v) is 2.90. The molecule has 1 unspecified atom stereocenters. The third kappa shape index (κ3) is 2.35. The van der Waals surface area contributed by atoms with Gasteiger partial charge < -0.3 is 9.80 Å². The smallest absolute Gasteiger partial charge is 0.295 e. The molecule has 1 saturated heterocycles. The zero-order valence-electron chi connectivity index (χ0n) is 9.55. The fraction of sp³-hybridized carbons (Fsp3) is 0.778. The molecule has 0 aliphatic carbocycles. The Hall–Kier alpha value is -1.50. The second kappa shape index (κ2) is 4.56. The van der Waals surface area contributed by atoms with Gasteiger partial charge >= 0.3 is 0 Å². The maximum atomic E-state index is 11.8. The summed E-state index contributed by atoms with van der Waals surface area (Å²) >= 11 is 0. The maximum Gasteiger partial charge on any atom is 0.295 e. The first kappa shape index (κ1) is 11.0. The van der Waals surface area contributed by atoms with Crippen molar-refractivity contribution in [3.05, 3.63) is 5.82 Å². The Morgan fingerprint density at radius 1 is 1.69 bits per heavy atom. The molecule has 0 saturated carbocycles. The minimum atomic E-state index is -0.177. The van der Waals surface area contributed by atoms with E-state index in [0.29, 0.717) is 5.92 Å². The van der Waals surface area contributed by atoms with Crippen LogP contribution in [0.3, 0.4) is 0 Å². The number of aromatic nitrogens is 4. The van der Waals surface area contributed by atoms with Crippen LogP contribution in [0.25, 0.3) is 0 Å². The molecule has 1 fully saturated rings. The number of hydrogen-bond donors (Lipinski definition) is 1. The van der Waals surface area contributed by atoms with Gasteiger partial charge in [-0.3, -0.25) is 4.79 Å². The van der Waals surface area contributed by atoms with Crippen LogP contribution < -0.4 is 0 Å². The zero-order chi connectivity index (χ0) is 11.5. The van der Waals surface area contributed by atoms with Crippen LogP contribution in [-0.2, 0) is 0 Å². The van der Waals surface area contributed by atoms with E-state index in [1.807, 2.05) is 0 Å². The molecular formula is C9H16N6O. The van der Waals surface area contributed by atoms with Crippen molar-refractivity contribution in [1.82, 2.24) is 30.4 Å². The Kier molecular flexibility index (Phi) is 3.14. The zero-order valence-corrected chi connectivity index (χ0v) is 9.55. The topological polar surface area (TPSA) is 78.0 Å². The summed E-state index contributed by atoms with van der Waals surface area (Å²) < 4.78 is 0. The van der Waals surface area contributed by atoms with Gasteiger partial charge in [0.15, 0.2) is 0 Å². The first-order chi connectivity index (χ1) is 7.66. The molecule has 1 aliphatic heterocycles. The van der Waals surface area contributed by atoms with Gasteiger partial charge in [0.2, 0.25) is 0 Å². The van der Waals surface area contributed by atoms with Gasteiger partial charge in [0.1, 0.15) is 0 Å². The molecule has 7 nitrogen and oxygen atoms in total. The van der Waals surface area contributed by atoms with E-state index in [9.17, 15) is 4.79 Å². The van der Waals surface area contributed by atoms with Crippen LogP contribution >= 0.6 is 0 Å². The van der Waals surface area contributed by atoms with Crippen LogP contribution in [-0.4, -0.2) is 70.1 Å². The summed E-state index contributed by atoms with van der Waals surface area (Å²) in [6.07, 6.45) is 1.14. The Bertz CT molecular complexity index is 351. The molecule has 0 bridgehead atoms. The van der Waals surface area contributed by atoms with E-state index in [1.54, 1.807) is 11.9 Å². The summed E-state index contributed by atoms with van der Waals surface area (Å²) in [5.74, 6) is 0.503. The second-order valence-electron chi connectivity index (χ2n) is 4.34. The number of nitrogens with zero attached hydrogens (tertiary/aromatic N) is 5. The van der Waals surface area contributed by atoms with Gasteiger partial charge in [-0.15, -0.1) is 10.2 Å². The fourth-order valence-corrected chi connectivity index (χ4v) is 2.07. The maximum absolute atomic E-state index is 11.8. The van der Waals surface area contributed by atoms with Gasteiger partial charge in [0.05, 0.1) is 0 Å². The van der Waals surface area contributed by atoms with Gasteiger partial charge in [-0.2, -0.15) is 5.21 Å². The summed E-state index contributed by atoms with van der Waals surface area (Å²) in [7, 11) is 3.87. The molecule has 1 aromatic rings. The highest BCUT2D eigenvalue weighted by Gasteiger charge is 2.24. The average Bonchev–Trinajstić information content (AvgIpc) is 2.88. The van der Waals surface area contributed by atoms with Crippen molar-refractivity contribution >= 4 is 5.91 Å². The van der Waals surface area contributed by atoms with Gasteiger partial charge in [0.25, 0.3) is 11.7 Å². The number of nitrogens with one attached hydrogen (secondary N) is 1. The van der Waals surface area contributed by atoms with Crippen molar-refractivity contribution in [3.8, 4) is 0 Å². The number of rotatable bonds is 3. The molecule has 1 N–H and O–H groups in total. The lowest BCUT2D eigenvalue weighted by atomic mass is 10.1. The highest BCUT2D eigenvalue weighted by atomic mass is 16.2. The summed E-state index contributed by atoms with van der Waals surface area (Å²) in [6, 6.07) is 0. The van der Waals surface area contributed by atoms with Crippen LogP contribution in [0.5, 0.6) is 0 Å². The number of carbonyl (C=O) groups excluding carboxylic acids is 1. The predicted octanol–water partition coefficient (Wildman–Crippen LogP) is -0.777. The molecule has 7 heteroatoms. The van der Waals surface area contributed by atoms with Gasteiger partial charge in [0, 0.05) is 20.1 Å². The molecule has 0 aromatic carbocycles. The Labute approximate surface area is 93.8 Å². The van der Waals surface area contributed by atoms with Crippen LogP contribution in [0.2, 0.25) is 0 Å². The van der Waals surface area contributed by atoms with E-state index in [2.05, 4.69) is 32.6 Å². The Balaban J connectivity index is 1.88. The fourth-order valence-electron chi connectivity index (χ4n) is 2.07. The quantitative estimate of drug-likeness (QED) is 0.729. The molecule has 1 aliphatic rings. The Morgan fingerprint density at radius 3 is 3.06 bits per heavy atom. The number of amides is 1. The van der Waals surface area contributed by atoms with E-state index in [4.69, 9.17) is 0 Å². The number of tetrazole rings is 1. The normalized spacial score (nSPS) is 21.2. The van der Waals surface area contributed by atoms with Gasteiger partial charge in [-0.25, -0.2) is 0 Å². The van der Waals surface area contributed by atoms with Gasteiger partial charge in [-0.05, 0) is 31.1 Å². The monoisotopic (exact) mass is 224 g/mol. The van der Waals surface area contributed by atoms with Crippen LogP contribution in [0.1, 0.15) is 17.0 Å². The van der Waals surface area contributed by atoms with Crippen molar-refractivity contribution in [2.75, 3.05) is 33.7 Å². The molecule has 0 radical (unpaired) electrons. The molecule has 2 rings (SSSR count). The van der Waals surface area contributed by atoms with Crippen LogP contribution in [0, 0.1) is 5.92 Å². The number of H-pyrrole nitrogens is 1. The SMILES string of the molecule is CN1CCC(CN(C)C(=O)c2nn[nH]n2)C1. The standard InChI is InChI=1S/C9H16N6O/c1-14-4-3-7(5-14)6-15(2)9(16)8-10-12-13-11-8/h7H,3-6H2,1-2H3,(H,10,11,12,13). The van der Waals surface area contributed by atoms with E-state index in [1.165, 1.54) is 0 Å². The van der Waals surface area contributed by atoms with E-state index in [0.717, 1.165) is 26.1 Å². The van der Waals surface area contributed by atoms with Crippen molar-refractivity contribution in [1.29, 1.82) is 0 Å². The van der Waals surface area contributed by atoms with Gasteiger partial charge in [-0.1, -0.05) is 0 Å². The van der Waals surface area contributed by atoms with Crippen molar-refractivity contribution in [3.63, 3.8) is 0 Å². The summed E-state index contributed by atoms with van der Waals surface area (Å²) in [5.41, 5.74) is 0. The lowest BCUT2D eigenvalue weighted by Crippen LogP contribution is -2.33. The van der Waals surface area contributed by atoms with E-state index < -0.39 is 0 Å². The molecule has 0 spiro atoms. The molecule has 1 amide bonds. The summed E-state index contributed by atoms with van der Waals surface area (Å²) in [6.45, 7) is 2.90. The first-order valence-electron chi connectivity index (χ1n) is 5.34. The third-order valence-electron chi connectivity index (χ3n) is 2.90. The van der Waals surface area contributed by atoms with Crippen LogP contribution in [0.15, 0.2) is 0 Å². The lowest BCUT2D eigenvalue weighted by molar-refractivity contribution is 0.0762. The first-order valence-corrected chi connectivity index (χ1v) is 5.34. The Morgan fingerprint density at radius 2 is 2.50 bits per heavy atom. The molecule has 88 valence electrons. The molecule has 1 aromatic heterocycles. The van der Waals surface area contributed by atoms with Crippen molar-refractivity contribution in [2.45, 2.75) is 6.42 Å². The van der Waals surface area contributed by atoms with E-state index in [-0.39, 0.29) is 11.7 Å². The highest BCUT2D eigenvalue weighted by molar-refractivity contribution is 5.89. The minimum absolute atomic E-state index is 0.133. The molecule has 2 heterocycles. The highest BCUT2D eigenvalue weighted by Crippen LogP contribution is 2.15. The van der Waals surface area contributed by atoms with Crippen LogP contribution in [0.4, 0.5) is 0 Å². The number of likely N-dealkylation sites (tertiary alicyclic amines) is 1. The number of hydrogen-bond acceptors (Lipinski definition) is 5.